The number of hydrogen-bond acceptors (Lipinski definition) is 12. The van der Waals surface area contributed by atoms with Crippen molar-refractivity contribution < 1.29 is 59.0 Å². The maximum absolute atomic E-state index is 13.1. The third-order valence-corrected chi connectivity index (χ3v) is 25.6. The van der Waals surface area contributed by atoms with Crippen LogP contribution in [0.2, 0.25) is 0 Å². The number of aliphatic hydroxyl groups is 5. The van der Waals surface area contributed by atoms with Crippen LogP contribution >= 0.6 is 0 Å². The van der Waals surface area contributed by atoms with Crippen LogP contribution in [0, 0.1) is 102 Å². The Morgan fingerprint density at radius 3 is 1.13 bits per heavy atom. The summed E-state index contributed by atoms with van der Waals surface area (Å²) in [5.41, 5.74) is -3.67. The first-order valence-corrected chi connectivity index (χ1v) is 29.4. The van der Waals surface area contributed by atoms with Crippen molar-refractivity contribution in [1.29, 1.82) is 0 Å². The number of ether oxygens (including phenoxy) is 2. The van der Waals surface area contributed by atoms with Gasteiger partial charge in [0.05, 0.1) is 24.4 Å². The Morgan fingerprint density at radius 1 is 0.513 bits per heavy atom. The van der Waals surface area contributed by atoms with Gasteiger partial charge in [0.2, 0.25) is 0 Å². The summed E-state index contributed by atoms with van der Waals surface area (Å²) < 4.78 is 11.6. The summed E-state index contributed by atoms with van der Waals surface area (Å²) in [6, 6.07) is 0. The Hall–Kier alpha value is -3.03. The maximum Gasteiger partial charge on any atom is 0.332 e. The molecule has 0 spiro atoms. The molecule has 428 valence electrons. The highest BCUT2D eigenvalue weighted by Gasteiger charge is 2.71. The number of carbonyl (C=O) groups is 5. The van der Waals surface area contributed by atoms with Gasteiger partial charge in [0.15, 0.2) is 0 Å². The average molecular weight is 1060 g/mol. The Balaban J connectivity index is 0.000000166. The lowest BCUT2D eigenvalue weighted by molar-refractivity contribution is -0.207. The summed E-state index contributed by atoms with van der Waals surface area (Å²) in [4.78, 5) is 63.1. The van der Waals surface area contributed by atoms with E-state index >= 15 is 0 Å². The lowest BCUT2D eigenvalue weighted by Gasteiger charge is -2.61. The Kier molecular flexibility index (Phi) is 16.6. The molecule has 12 heteroatoms. The number of esters is 2. The molecule has 0 aliphatic heterocycles. The molecule has 24 atom stereocenters. The molecule has 0 heterocycles. The molecule has 9 aliphatic carbocycles. The molecule has 76 heavy (non-hydrogen) atoms. The van der Waals surface area contributed by atoms with Crippen LogP contribution in [0.25, 0.3) is 0 Å². The van der Waals surface area contributed by atoms with Crippen molar-refractivity contribution in [3.05, 3.63) is 38.0 Å². The van der Waals surface area contributed by atoms with Crippen LogP contribution in [-0.2, 0) is 33.4 Å². The lowest BCUT2D eigenvalue weighted by atomic mass is 9.44. The van der Waals surface area contributed by atoms with Crippen LogP contribution in [-0.4, -0.2) is 98.1 Å². The van der Waals surface area contributed by atoms with E-state index < -0.39 is 81.7 Å². The number of aliphatic hydroxyl groups excluding tert-OH is 5. The summed E-state index contributed by atoms with van der Waals surface area (Å²) in [6.45, 7) is 37.8. The molecule has 0 aromatic heterocycles. The molecule has 6 bridgehead atoms. The molecule has 9 saturated carbocycles. The molecule has 12 nitrogen and oxygen atoms in total. The normalized spacial score (nSPS) is 52.3. The monoisotopic (exact) mass is 1060 g/mol. The second-order valence-corrected chi connectivity index (χ2v) is 28.5. The van der Waals surface area contributed by atoms with Crippen molar-refractivity contribution in [3.63, 3.8) is 0 Å². The minimum atomic E-state index is -0.686. The molecule has 0 aromatic rings. The SMILES string of the molecule is C=C[C@]1(C)C[C@@H](O)[C@]2(C)C(C)CC[C@]3(CCC(=O)[C@H]32)[C@@H](C)[C@@H]1O.C=C[C@]1(C)C[C@@H](OC(=O)CO)[C@]2(C)C(C)CC[C@]3(CCC(=O)[C@H]32)[C@@H](C)[C@@H]1O.C=C[C@]1(C)C[C@@H](OC(C)=O)[C@]2(C)C(C)CC[C@]3(CCC(=O)[C@H]32)[C@@H](C)[C@@H]1O. The van der Waals surface area contributed by atoms with Crippen molar-refractivity contribution in [3.8, 4) is 0 Å². The molecule has 9 aliphatic rings. The highest BCUT2D eigenvalue weighted by atomic mass is 16.6. The summed E-state index contributed by atoms with van der Waals surface area (Å²) in [6.07, 6.45) is 13.4. The van der Waals surface area contributed by atoms with Crippen molar-refractivity contribution in [2.24, 2.45) is 102 Å². The van der Waals surface area contributed by atoms with E-state index in [0.29, 0.717) is 50.2 Å². The van der Waals surface area contributed by atoms with E-state index in [-0.39, 0.29) is 81.1 Å². The molecule has 5 N–H and O–H groups in total. The van der Waals surface area contributed by atoms with Gasteiger partial charge in [-0.1, -0.05) is 101 Å². The van der Waals surface area contributed by atoms with Gasteiger partial charge in [-0.15, -0.1) is 19.7 Å². The summed E-state index contributed by atoms with van der Waals surface area (Å²) in [7, 11) is 0. The summed E-state index contributed by atoms with van der Waals surface area (Å²) in [5.74, 6) is 0.130. The largest absolute Gasteiger partial charge is 0.462 e. The molecular weight excluding hydrogens is 961 g/mol. The first-order chi connectivity index (χ1) is 35.2. The van der Waals surface area contributed by atoms with Gasteiger partial charge in [-0.3, -0.25) is 19.2 Å². The standard InChI is InChI=1S/C22H34O5.C22H34O4.C20H32O3/c1-6-20(4)11-16(27-17(25)12-23)21(5)13(2)7-9-22(14(3)19(20)26)10-8-15(24)18(21)22;1-7-20(5)12-17(26-15(4)23)21(6)13(2)8-10-22(14(3)19(20)25)11-9-16(24)18(21)22;1-6-18(4)11-15(22)19(5)12(2)7-9-20(13(3)17(18)23)10-8-14(21)16(19)20/h6,13-14,16,18-19,23,26H,1,7-12H2,2-5H3;7,13-14,17-19,25H,1,8-12H2,2-6H3;6,12-13,15-17,22-23H,1,7-11H2,2-5H3/t13?,14-,16+,18-,19-,20+,21-,22-;13?,14-,17+,18-,19-,20+,21-,22-;12?,13-,15+,16-,17-,18+,19-,20-/m000/s1. The van der Waals surface area contributed by atoms with E-state index in [1.165, 1.54) is 6.92 Å². The number of carbonyl (C=O) groups excluding carboxylic acids is 5. The fraction of sp³-hybridized carbons (Fsp3) is 0.828. The second-order valence-electron chi connectivity index (χ2n) is 28.5. The Morgan fingerprint density at radius 2 is 0.816 bits per heavy atom. The third kappa shape index (κ3) is 8.78. The quantitative estimate of drug-likeness (QED) is 0.125. The molecule has 0 saturated heterocycles. The van der Waals surface area contributed by atoms with Gasteiger partial charge >= 0.3 is 11.9 Å². The van der Waals surface area contributed by atoms with E-state index in [1.54, 1.807) is 6.08 Å². The summed E-state index contributed by atoms with van der Waals surface area (Å²) >= 11 is 0. The third-order valence-electron chi connectivity index (χ3n) is 25.6. The zero-order valence-electron chi connectivity index (χ0n) is 48.9. The van der Waals surface area contributed by atoms with E-state index in [4.69, 9.17) is 9.47 Å². The molecule has 3 unspecified atom stereocenters. The lowest BCUT2D eigenvalue weighted by Crippen LogP contribution is -2.63. The van der Waals surface area contributed by atoms with E-state index in [1.807, 2.05) is 32.9 Å². The van der Waals surface area contributed by atoms with Gasteiger partial charge in [-0.25, -0.2) is 4.79 Å². The maximum atomic E-state index is 13.1. The highest BCUT2D eigenvalue weighted by molar-refractivity contribution is 5.87. The van der Waals surface area contributed by atoms with E-state index in [9.17, 15) is 49.5 Å². The zero-order chi connectivity index (χ0) is 56.9. The van der Waals surface area contributed by atoms with Crippen LogP contribution in [0.1, 0.15) is 186 Å². The highest BCUT2D eigenvalue weighted by Crippen LogP contribution is 2.71. The number of ketones is 3. The van der Waals surface area contributed by atoms with Crippen molar-refractivity contribution in [2.45, 2.75) is 223 Å². The molecule has 9 fully saturated rings. The average Bonchev–Trinajstić information content (AvgIpc) is 4.07. The van der Waals surface area contributed by atoms with Gasteiger partial charge in [0, 0.05) is 76.4 Å². The summed E-state index contributed by atoms with van der Waals surface area (Å²) in [5, 5.41) is 54.2. The van der Waals surface area contributed by atoms with E-state index in [2.05, 4.69) is 82.1 Å². The van der Waals surface area contributed by atoms with E-state index in [0.717, 1.165) is 57.8 Å². The minimum absolute atomic E-state index is 0.00653. The minimum Gasteiger partial charge on any atom is -0.462 e. The van der Waals surface area contributed by atoms with Crippen LogP contribution in [0.3, 0.4) is 0 Å². The first-order valence-electron chi connectivity index (χ1n) is 29.4. The fourth-order valence-electron chi connectivity index (χ4n) is 19.8. The number of Topliss-reactive ketones (excluding diaryl/α,β-unsaturated/α-hetero) is 3. The van der Waals surface area contributed by atoms with Crippen molar-refractivity contribution in [1.82, 2.24) is 0 Å². The van der Waals surface area contributed by atoms with Gasteiger partial charge in [-0.2, -0.15) is 0 Å². The van der Waals surface area contributed by atoms with Gasteiger partial charge in [0.1, 0.15) is 36.2 Å². The number of rotatable bonds is 6. The molecule has 9 rings (SSSR count). The van der Waals surface area contributed by atoms with Crippen LogP contribution in [0.5, 0.6) is 0 Å². The van der Waals surface area contributed by atoms with Crippen LogP contribution in [0.15, 0.2) is 38.0 Å². The molecule has 0 radical (unpaired) electrons. The predicted octanol–water partition coefficient (Wildman–Crippen LogP) is 10.1. The fourth-order valence-corrected chi connectivity index (χ4v) is 19.8. The zero-order valence-corrected chi connectivity index (χ0v) is 48.9. The molecule has 0 amide bonds. The van der Waals surface area contributed by atoms with Gasteiger partial charge < -0.3 is 35.0 Å². The smallest absolute Gasteiger partial charge is 0.332 e. The predicted molar refractivity (Wildman–Crippen MR) is 293 cm³/mol. The first kappa shape index (κ1) is 60.6. The number of hydrogen-bond donors (Lipinski definition) is 5. The van der Waals surface area contributed by atoms with Crippen LogP contribution < -0.4 is 0 Å². The topological polar surface area (TPSA) is 205 Å². The van der Waals surface area contributed by atoms with Gasteiger partial charge in [-0.05, 0) is 129 Å². The van der Waals surface area contributed by atoms with Crippen LogP contribution in [0.4, 0.5) is 0 Å². The second kappa shape index (κ2) is 20.8. The Labute approximate surface area is 456 Å². The van der Waals surface area contributed by atoms with Crippen molar-refractivity contribution in [2.75, 3.05) is 6.61 Å². The molecular formula is C64H100O12. The van der Waals surface area contributed by atoms with Crippen molar-refractivity contribution >= 4 is 29.3 Å². The van der Waals surface area contributed by atoms with Gasteiger partial charge in [0.25, 0.3) is 0 Å². The molecule has 0 aromatic carbocycles. The Bertz CT molecular complexity index is 2290.